The van der Waals surface area contributed by atoms with Gasteiger partial charge >= 0.3 is 0 Å². The summed E-state index contributed by atoms with van der Waals surface area (Å²) in [5.41, 5.74) is 7.63. The summed E-state index contributed by atoms with van der Waals surface area (Å²) < 4.78 is 11.9. The van der Waals surface area contributed by atoms with Crippen LogP contribution in [-0.2, 0) is 0 Å². The number of nitrogen functional groups attached to an aromatic ring is 1. The molecule has 0 saturated carbocycles. The molecule has 0 aliphatic carbocycles. The molecule has 0 fully saturated rings. The first-order valence-electron chi connectivity index (χ1n) is 12.1. The van der Waals surface area contributed by atoms with Crippen molar-refractivity contribution in [3.63, 3.8) is 0 Å². The summed E-state index contributed by atoms with van der Waals surface area (Å²) in [7, 11) is 0. The molecule has 32 heavy (non-hydrogen) atoms. The normalized spacial score (nSPS) is 10.7. The zero-order valence-corrected chi connectivity index (χ0v) is 19.7. The second-order valence-corrected chi connectivity index (χ2v) is 8.08. The van der Waals surface area contributed by atoms with Crippen LogP contribution < -0.4 is 20.5 Å². The number of unbranched alkanes of at least 4 members (excludes halogenated alkanes) is 8. The highest BCUT2D eigenvalue weighted by atomic mass is 16.5. The second-order valence-electron chi connectivity index (χ2n) is 8.08. The summed E-state index contributed by atoms with van der Waals surface area (Å²) in [5, 5.41) is 2.91. The molecule has 1 aromatic carbocycles. The van der Waals surface area contributed by atoms with Gasteiger partial charge in [-0.1, -0.05) is 71.3 Å². The molecule has 1 heterocycles. The smallest absolute Gasteiger partial charge is 0.274 e. The molecule has 0 radical (unpaired) electrons. The number of aromatic nitrogens is 1. The topological polar surface area (TPSA) is 86.5 Å². The molecule has 3 N–H and O–H groups in total. The molecule has 0 unspecified atom stereocenters. The zero-order valence-electron chi connectivity index (χ0n) is 19.7. The van der Waals surface area contributed by atoms with Crippen molar-refractivity contribution in [1.82, 2.24) is 4.98 Å². The minimum absolute atomic E-state index is 0.298. The number of hydrogen-bond acceptors (Lipinski definition) is 5. The van der Waals surface area contributed by atoms with E-state index in [9.17, 15) is 4.79 Å². The molecule has 1 amide bonds. The van der Waals surface area contributed by atoms with Crippen molar-refractivity contribution < 1.29 is 14.3 Å². The van der Waals surface area contributed by atoms with Gasteiger partial charge in [-0.15, -0.1) is 0 Å². The largest absolute Gasteiger partial charge is 0.491 e. The molecular weight excluding hydrogens is 402 g/mol. The van der Waals surface area contributed by atoms with Crippen LogP contribution in [0.15, 0.2) is 36.5 Å². The lowest BCUT2D eigenvalue weighted by Gasteiger charge is -2.16. The van der Waals surface area contributed by atoms with E-state index >= 15 is 0 Å². The van der Waals surface area contributed by atoms with E-state index < -0.39 is 0 Å². The van der Waals surface area contributed by atoms with Gasteiger partial charge in [0.2, 0.25) is 0 Å². The van der Waals surface area contributed by atoms with Crippen LogP contribution >= 0.6 is 0 Å². The quantitative estimate of drug-likeness (QED) is 0.226. The second kappa shape index (κ2) is 15.1. The van der Waals surface area contributed by atoms with Gasteiger partial charge in [0.25, 0.3) is 5.91 Å². The third kappa shape index (κ3) is 9.16. The molecule has 2 aromatic rings. The Labute approximate surface area is 192 Å². The third-order valence-corrected chi connectivity index (χ3v) is 5.27. The average Bonchev–Trinajstić information content (AvgIpc) is 2.81. The first kappa shape index (κ1) is 25.5. The fourth-order valence-corrected chi connectivity index (χ4v) is 3.38. The first-order chi connectivity index (χ1) is 15.7. The van der Waals surface area contributed by atoms with Crippen molar-refractivity contribution in [2.45, 2.75) is 78.1 Å². The van der Waals surface area contributed by atoms with Crippen molar-refractivity contribution in [3.05, 3.63) is 42.2 Å². The summed E-state index contributed by atoms with van der Waals surface area (Å²) >= 11 is 0. The van der Waals surface area contributed by atoms with Crippen LogP contribution in [0.4, 0.5) is 11.4 Å². The van der Waals surface area contributed by atoms with Gasteiger partial charge in [-0.3, -0.25) is 9.78 Å². The minimum Gasteiger partial charge on any atom is -0.491 e. The molecule has 2 rings (SSSR count). The molecule has 0 aliphatic rings. The fourth-order valence-electron chi connectivity index (χ4n) is 3.38. The average molecular weight is 442 g/mol. The summed E-state index contributed by atoms with van der Waals surface area (Å²) in [6.07, 6.45) is 13.1. The van der Waals surface area contributed by atoms with Crippen molar-refractivity contribution in [3.8, 4) is 11.5 Å². The molecule has 176 valence electrons. The molecule has 0 saturated heterocycles. The molecule has 6 nitrogen and oxygen atoms in total. The van der Waals surface area contributed by atoms with Crippen LogP contribution in [0.25, 0.3) is 0 Å². The lowest BCUT2D eigenvalue weighted by molar-refractivity contribution is 0.102. The van der Waals surface area contributed by atoms with Crippen LogP contribution in [0.5, 0.6) is 11.5 Å². The van der Waals surface area contributed by atoms with E-state index in [0.717, 1.165) is 25.7 Å². The third-order valence-electron chi connectivity index (χ3n) is 5.27. The number of hydrogen-bond donors (Lipinski definition) is 2. The lowest BCUT2D eigenvalue weighted by Crippen LogP contribution is -2.15. The predicted molar refractivity (Wildman–Crippen MR) is 132 cm³/mol. The number of carbonyl (C=O) groups excluding carboxylic acids is 1. The van der Waals surface area contributed by atoms with Crippen molar-refractivity contribution >= 4 is 17.3 Å². The number of nitrogens with two attached hydrogens (primary N) is 1. The number of amides is 1. The van der Waals surface area contributed by atoms with Gasteiger partial charge < -0.3 is 20.5 Å². The molecular formula is C26H39N3O3. The summed E-state index contributed by atoms with van der Waals surface area (Å²) in [6.45, 7) is 5.57. The minimum atomic E-state index is -0.298. The van der Waals surface area contributed by atoms with E-state index in [4.69, 9.17) is 15.2 Å². The number of rotatable bonds is 16. The molecule has 0 bridgehead atoms. The number of nitrogens with one attached hydrogen (secondary N) is 1. The van der Waals surface area contributed by atoms with Crippen LogP contribution in [-0.4, -0.2) is 24.1 Å². The van der Waals surface area contributed by atoms with Gasteiger partial charge in [-0.05, 0) is 25.0 Å². The van der Waals surface area contributed by atoms with Crippen LogP contribution in [0, 0.1) is 0 Å². The fraction of sp³-hybridized carbons (Fsp3) is 0.538. The van der Waals surface area contributed by atoms with E-state index in [0.29, 0.717) is 41.8 Å². The Balaban J connectivity index is 2.05. The Morgan fingerprint density at radius 2 is 1.50 bits per heavy atom. The predicted octanol–water partition coefficient (Wildman–Crippen LogP) is 6.61. The number of pyridine rings is 1. The van der Waals surface area contributed by atoms with Crippen molar-refractivity contribution in [2.75, 3.05) is 24.3 Å². The monoisotopic (exact) mass is 441 g/mol. The zero-order chi connectivity index (χ0) is 23.0. The highest BCUT2D eigenvalue weighted by molar-refractivity contribution is 6.04. The van der Waals surface area contributed by atoms with Crippen LogP contribution in [0.3, 0.4) is 0 Å². The highest BCUT2D eigenvalue weighted by Crippen LogP contribution is 2.35. The van der Waals surface area contributed by atoms with Gasteiger partial charge in [-0.25, -0.2) is 0 Å². The lowest BCUT2D eigenvalue weighted by atomic mass is 10.1. The maximum atomic E-state index is 12.7. The summed E-state index contributed by atoms with van der Waals surface area (Å²) in [4.78, 5) is 16.8. The Kier molecular flexibility index (Phi) is 12.0. The SMILES string of the molecule is CCCCCCCOc1cc(NC(=O)c2ccccn2)c(OCCCCCCC)cc1N. The Morgan fingerprint density at radius 1 is 0.875 bits per heavy atom. The number of anilines is 2. The van der Waals surface area contributed by atoms with E-state index in [1.165, 1.54) is 38.5 Å². The van der Waals surface area contributed by atoms with Gasteiger partial charge in [0.15, 0.2) is 0 Å². The Bertz CT molecular complexity index is 796. The number of ether oxygens (including phenoxy) is 2. The highest BCUT2D eigenvalue weighted by Gasteiger charge is 2.15. The first-order valence-corrected chi connectivity index (χ1v) is 12.1. The number of nitrogens with zero attached hydrogens (tertiary/aromatic N) is 1. The Hall–Kier alpha value is -2.76. The van der Waals surface area contributed by atoms with Crippen LogP contribution in [0.1, 0.15) is 88.5 Å². The molecule has 6 heteroatoms. The number of carbonyl (C=O) groups is 1. The van der Waals surface area contributed by atoms with E-state index in [1.54, 1.807) is 36.5 Å². The van der Waals surface area contributed by atoms with Crippen molar-refractivity contribution in [2.24, 2.45) is 0 Å². The number of benzene rings is 1. The maximum Gasteiger partial charge on any atom is 0.274 e. The van der Waals surface area contributed by atoms with E-state index in [2.05, 4.69) is 24.1 Å². The standard InChI is InChI=1S/C26H39N3O3/c1-3-5-7-9-13-17-31-24-20-23(29-26(30)22-15-11-12-16-28-22)25(19-21(24)27)32-18-14-10-8-6-4-2/h11-12,15-16,19-20H,3-10,13-14,17-18,27H2,1-2H3,(H,29,30). The van der Waals surface area contributed by atoms with Gasteiger partial charge in [-0.2, -0.15) is 0 Å². The van der Waals surface area contributed by atoms with E-state index in [1.807, 2.05) is 0 Å². The molecule has 0 aliphatic heterocycles. The van der Waals surface area contributed by atoms with Gasteiger partial charge in [0.1, 0.15) is 17.2 Å². The van der Waals surface area contributed by atoms with Crippen molar-refractivity contribution in [1.29, 1.82) is 0 Å². The maximum absolute atomic E-state index is 12.7. The van der Waals surface area contributed by atoms with Crippen LogP contribution in [0.2, 0.25) is 0 Å². The summed E-state index contributed by atoms with van der Waals surface area (Å²) in [6, 6.07) is 8.74. The Morgan fingerprint density at radius 3 is 2.09 bits per heavy atom. The van der Waals surface area contributed by atoms with Gasteiger partial charge in [0, 0.05) is 18.3 Å². The summed E-state index contributed by atoms with van der Waals surface area (Å²) in [5.74, 6) is 0.818. The molecule has 0 spiro atoms. The molecule has 0 atom stereocenters. The van der Waals surface area contributed by atoms with E-state index in [-0.39, 0.29) is 5.91 Å². The molecule has 1 aromatic heterocycles. The van der Waals surface area contributed by atoms with Gasteiger partial charge in [0.05, 0.1) is 24.6 Å².